The maximum atomic E-state index is 8.74. The van der Waals surface area contributed by atoms with Crippen LogP contribution in [0.5, 0.6) is 0 Å². The lowest BCUT2D eigenvalue weighted by molar-refractivity contribution is 0.301. The summed E-state index contributed by atoms with van der Waals surface area (Å²) in [4.78, 5) is 2.46. The molecule has 1 aliphatic heterocycles. The normalized spacial score (nSPS) is 18.7. The first-order chi connectivity index (χ1) is 8.87. The molecule has 1 saturated heterocycles. The van der Waals surface area contributed by atoms with E-state index in [1.807, 2.05) is 0 Å². The van der Waals surface area contributed by atoms with Gasteiger partial charge in [-0.25, -0.2) is 0 Å². The molecule has 0 saturated carbocycles. The van der Waals surface area contributed by atoms with Gasteiger partial charge in [0, 0.05) is 32.7 Å². The lowest BCUT2D eigenvalue weighted by atomic mass is 10.4. The molecule has 3 nitrogen and oxygen atoms in total. The summed E-state index contributed by atoms with van der Waals surface area (Å²) in [6.45, 7) is 18.9. The summed E-state index contributed by atoms with van der Waals surface area (Å²) in [5.41, 5.74) is 2.34. The Morgan fingerprint density at radius 1 is 1.00 bits per heavy atom. The molecule has 0 amide bonds. The van der Waals surface area contributed by atoms with Gasteiger partial charge in [0.05, 0.1) is 6.07 Å². The Balaban J connectivity index is 2.87. The van der Waals surface area contributed by atoms with E-state index in [0.717, 1.165) is 36.4 Å². The van der Waals surface area contributed by atoms with Crippen molar-refractivity contribution in [1.29, 1.82) is 5.26 Å². The number of nitrogens with zero attached hydrogens (tertiary/aromatic N) is 3. The SMILES string of the molecule is CC(C)[Si](C(C)C)(C(C)C)N1CCN(CCC#N)C1. The fourth-order valence-corrected chi connectivity index (χ4v) is 11.6. The summed E-state index contributed by atoms with van der Waals surface area (Å²) in [6.07, 6.45) is 0.660. The van der Waals surface area contributed by atoms with E-state index >= 15 is 0 Å². The maximum Gasteiger partial charge on any atom is 0.137 e. The molecule has 0 atom stereocenters. The fourth-order valence-electron chi connectivity index (χ4n) is 4.45. The molecule has 1 rings (SSSR count). The Hall–Kier alpha value is -0.373. The summed E-state index contributed by atoms with van der Waals surface area (Å²) in [7, 11) is -1.47. The number of rotatable bonds is 6. The molecule has 0 aromatic carbocycles. The molecule has 0 bridgehead atoms. The summed E-state index contributed by atoms with van der Waals surface area (Å²) in [5.74, 6) is 0. The Kier molecular flexibility index (Phi) is 6.03. The molecule has 19 heavy (non-hydrogen) atoms. The number of nitriles is 1. The molecule has 0 aliphatic carbocycles. The molecular formula is C15H31N3Si. The highest BCUT2D eigenvalue weighted by atomic mass is 28.3. The van der Waals surface area contributed by atoms with E-state index in [0.29, 0.717) is 6.42 Å². The third-order valence-electron chi connectivity index (χ3n) is 4.92. The van der Waals surface area contributed by atoms with Crippen LogP contribution >= 0.6 is 0 Å². The minimum absolute atomic E-state index is 0.660. The average Bonchev–Trinajstić information content (AvgIpc) is 2.74. The van der Waals surface area contributed by atoms with Crippen LogP contribution in [0, 0.1) is 11.3 Å². The second-order valence-corrected chi connectivity index (χ2v) is 12.7. The van der Waals surface area contributed by atoms with E-state index in [-0.39, 0.29) is 0 Å². The van der Waals surface area contributed by atoms with Gasteiger partial charge in [-0.2, -0.15) is 5.26 Å². The minimum Gasteiger partial charge on any atom is -0.309 e. The van der Waals surface area contributed by atoms with Crippen LogP contribution in [-0.2, 0) is 0 Å². The molecule has 110 valence electrons. The van der Waals surface area contributed by atoms with Crippen LogP contribution in [0.15, 0.2) is 0 Å². The zero-order valence-electron chi connectivity index (χ0n) is 13.6. The summed E-state index contributed by atoms with van der Waals surface area (Å²) in [6, 6.07) is 2.27. The highest BCUT2D eigenvalue weighted by Gasteiger charge is 2.49. The standard InChI is InChI=1S/C15H31N3Si/c1-13(2)19(14(3)4,15(5)6)18-11-10-17(12-18)9-7-8-16/h13-15H,7,9-12H2,1-6H3. The Morgan fingerprint density at radius 3 is 1.95 bits per heavy atom. The van der Waals surface area contributed by atoms with E-state index in [1.165, 1.54) is 6.54 Å². The quantitative estimate of drug-likeness (QED) is 0.696. The highest BCUT2D eigenvalue weighted by Crippen LogP contribution is 2.44. The van der Waals surface area contributed by atoms with Crippen molar-refractivity contribution in [3.8, 4) is 6.07 Å². The van der Waals surface area contributed by atoms with Crippen LogP contribution in [0.25, 0.3) is 0 Å². The summed E-state index contributed by atoms with van der Waals surface area (Å²) in [5, 5.41) is 8.74. The van der Waals surface area contributed by atoms with E-state index in [1.54, 1.807) is 0 Å². The van der Waals surface area contributed by atoms with E-state index < -0.39 is 8.24 Å². The Morgan fingerprint density at radius 2 is 1.53 bits per heavy atom. The van der Waals surface area contributed by atoms with Gasteiger partial charge in [-0.05, 0) is 16.6 Å². The highest BCUT2D eigenvalue weighted by molar-refractivity contribution is 6.81. The first kappa shape index (κ1) is 16.7. The Labute approximate surface area is 120 Å². The zero-order valence-corrected chi connectivity index (χ0v) is 14.6. The number of hydrogen-bond acceptors (Lipinski definition) is 3. The van der Waals surface area contributed by atoms with Gasteiger partial charge in [-0.1, -0.05) is 41.5 Å². The predicted molar refractivity (Wildman–Crippen MR) is 84.4 cm³/mol. The first-order valence-corrected chi connectivity index (χ1v) is 9.89. The van der Waals surface area contributed by atoms with Crippen LogP contribution in [0.1, 0.15) is 48.0 Å². The molecule has 0 aromatic rings. The molecule has 1 heterocycles. The van der Waals surface area contributed by atoms with Crippen molar-refractivity contribution in [3.05, 3.63) is 0 Å². The monoisotopic (exact) mass is 281 g/mol. The van der Waals surface area contributed by atoms with Crippen LogP contribution in [0.3, 0.4) is 0 Å². The van der Waals surface area contributed by atoms with Gasteiger partial charge in [0.25, 0.3) is 0 Å². The Bertz CT molecular complexity index is 298. The number of hydrogen-bond donors (Lipinski definition) is 0. The maximum absolute atomic E-state index is 8.74. The van der Waals surface area contributed by atoms with Crippen molar-refractivity contribution in [1.82, 2.24) is 9.47 Å². The van der Waals surface area contributed by atoms with Gasteiger partial charge in [0.1, 0.15) is 8.24 Å². The molecule has 0 spiro atoms. The van der Waals surface area contributed by atoms with Crippen LogP contribution in [-0.4, -0.2) is 44.0 Å². The van der Waals surface area contributed by atoms with Crippen molar-refractivity contribution < 1.29 is 0 Å². The summed E-state index contributed by atoms with van der Waals surface area (Å²) >= 11 is 0. The predicted octanol–water partition coefficient (Wildman–Crippen LogP) is 3.65. The molecule has 1 fully saturated rings. The van der Waals surface area contributed by atoms with Gasteiger partial charge >= 0.3 is 0 Å². The first-order valence-electron chi connectivity index (χ1n) is 7.71. The molecule has 0 N–H and O–H groups in total. The third kappa shape index (κ3) is 3.21. The van der Waals surface area contributed by atoms with E-state index in [4.69, 9.17) is 5.26 Å². The molecular weight excluding hydrogens is 250 g/mol. The van der Waals surface area contributed by atoms with Crippen LogP contribution in [0.4, 0.5) is 0 Å². The van der Waals surface area contributed by atoms with Gasteiger partial charge in [0.2, 0.25) is 0 Å². The van der Waals surface area contributed by atoms with Gasteiger partial charge < -0.3 is 4.57 Å². The van der Waals surface area contributed by atoms with Gasteiger partial charge in [-0.3, -0.25) is 4.90 Å². The summed E-state index contributed by atoms with van der Waals surface area (Å²) < 4.78 is 2.81. The fraction of sp³-hybridized carbons (Fsp3) is 0.933. The second kappa shape index (κ2) is 6.87. The van der Waals surface area contributed by atoms with E-state index in [2.05, 4.69) is 57.1 Å². The van der Waals surface area contributed by atoms with Gasteiger partial charge in [0.15, 0.2) is 0 Å². The van der Waals surface area contributed by atoms with Crippen molar-refractivity contribution in [2.75, 3.05) is 26.3 Å². The smallest absolute Gasteiger partial charge is 0.137 e. The van der Waals surface area contributed by atoms with E-state index in [9.17, 15) is 0 Å². The van der Waals surface area contributed by atoms with Crippen molar-refractivity contribution in [2.45, 2.75) is 64.6 Å². The third-order valence-corrected chi connectivity index (χ3v) is 11.9. The van der Waals surface area contributed by atoms with Gasteiger partial charge in [-0.15, -0.1) is 0 Å². The lowest BCUT2D eigenvalue weighted by Gasteiger charge is -2.49. The topological polar surface area (TPSA) is 30.3 Å². The largest absolute Gasteiger partial charge is 0.309 e. The van der Waals surface area contributed by atoms with Crippen molar-refractivity contribution in [3.63, 3.8) is 0 Å². The molecule has 0 unspecified atom stereocenters. The molecule has 4 heteroatoms. The average molecular weight is 282 g/mol. The second-order valence-electron chi connectivity index (χ2n) is 6.78. The lowest BCUT2D eigenvalue weighted by Crippen LogP contribution is -2.59. The van der Waals surface area contributed by atoms with Crippen LogP contribution in [0.2, 0.25) is 16.6 Å². The minimum atomic E-state index is -1.47. The molecule has 1 aliphatic rings. The molecule has 0 radical (unpaired) electrons. The zero-order chi connectivity index (χ0) is 14.6. The molecule has 0 aromatic heterocycles. The van der Waals surface area contributed by atoms with Crippen LogP contribution < -0.4 is 0 Å². The van der Waals surface area contributed by atoms with Crippen molar-refractivity contribution >= 4 is 8.24 Å². The van der Waals surface area contributed by atoms with Crippen molar-refractivity contribution in [2.24, 2.45) is 0 Å².